The lowest BCUT2D eigenvalue weighted by Crippen LogP contribution is -2.23. The maximum Gasteiger partial charge on any atom is 0.295 e. The van der Waals surface area contributed by atoms with Gasteiger partial charge in [-0.2, -0.15) is 31.8 Å². The van der Waals surface area contributed by atoms with Crippen LogP contribution in [0.4, 0.5) is 40.3 Å². The molecule has 2 heterocycles. The Labute approximate surface area is 312 Å². The fourth-order valence-corrected chi connectivity index (χ4v) is 9.13. The molecule has 4 aromatic carbocycles. The van der Waals surface area contributed by atoms with E-state index < -0.39 is 51.4 Å². The smallest absolute Gasteiger partial charge is 0.295 e. The highest BCUT2D eigenvalue weighted by molar-refractivity contribution is 8.05. The Morgan fingerprint density at radius 3 is 1.91 bits per heavy atom. The fourth-order valence-electron chi connectivity index (χ4n) is 6.41. The van der Waals surface area contributed by atoms with Gasteiger partial charge in [-0.05, 0) is 73.3 Å². The summed E-state index contributed by atoms with van der Waals surface area (Å²) in [6.45, 7) is 4.31. The number of carbonyl (C=O) groups excluding carboxylic acids is 2. The zero-order valence-corrected chi connectivity index (χ0v) is 31.0. The third kappa shape index (κ3) is 6.27. The van der Waals surface area contributed by atoms with Gasteiger partial charge in [0.1, 0.15) is 15.3 Å². The predicted molar refractivity (Wildman–Crippen MR) is 196 cm³/mol. The Morgan fingerprint density at radius 1 is 0.704 bits per heavy atom. The number of anilines is 6. The molecule has 276 valence electrons. The van der Waals surface area contributed by atoms with Crippen molar-refractivity contribution < 1.29 is 43.9 Å². The summed E-state index contributed by atoms with van der Waals surface area (Å²) in [4.78, 5) is 42.8. The van der Waals surface area contributed by atoms with Crippen LogP contribution < -0.4 is 16.0 Å². The summed E-state index contributed by atoms with van der Waals surface area (Å²) in [5, 5.41) is 8.26. The van der Waals surface area contributed by atoms with Crippen LogP contribution in [-0.4, -0.2) is 66.4 Å². The van der Waals surface area contributed by atoms with Crippen molar-refractivity contribution in [3.63, 3.8) is 0 Å². The van der Waals surface area contributed by atoms with Gasteiger partial charge < -0.3 is 16.0 Å². The Balaban J connectivity index is 1.38. The second kappa shape index (κ2) is 12.7. The van der Waals surface area contributed by atoms with Gasteiger partial charge in [0.25, 0.3) is 20.2 Å². The van der Waals surface area contributed by atoms with E-state index in [1.165, 1.54) is 38.1 Å². The molecule has 54 heavy (non-hydrogen) atoms. The maximum atomic E-state index is 14.0. The van der Waals surface area contributed by atoms with Gasteiger partial charge in [0.2, 0.25) is 27.0 Å². The third-order valence-electron chi connectivity index (χ3n) is 8.69. The molecule has 0 fully saturated rings. The quantitative estimate of drug-likeness (QED) is 0.121. The van der Waals surface area contributed by atoms with Crippen molar-refractivity contribution in [2.45, 2.75) is 35.5 Å². The highest BCUT2D eigenvalue weighted by atomic mass is 35.5. The van der Waals surface area contributed by atoms with Crippen LogP contribution in [0.1, 0.15) is 48.5 Å². The summed E-state index contributed by atoms with van der Waals surface area (Å²) < 4.78 is 95.0. The monoisotopic (exact) mass is 809 g/mol. The number of aromatic nitrogens is 3. The summed E-state index contributed by atoms with van der Waals surface area (Å²) in [6, 6.07) is 12.2. The van der Waals surface area contributed by atoms with Crippen molar-refractivity contribution in [3.05, 3.63) is 98.8 Å². The third-order valence-corrected chi connectivity index (χ3v) is 12.1. The minimum Gasteiger partial charge on any atom is -0.354 e. The molecular formula is C33H24ClN7O10S3. The Kier molecular flexibility index (Phi) is 8.67. The minimum atomic E-state index is -4.97. The normalized spacial score (nSPS) is 14.3. The van der Waals surface area contributed by atoms with Gasteiger partial charge in [-0.15, -0.1) is 0 Å². The number of hydrogen-bond donors (Lipinski definition) is 5. The first-order chi connectivity index (χ1) is 25.3. The van der Waals surface area contributed by atoms with E-state index in [4.69, 9.17) is 11.6 Å². The molecule has 21 heteroatoms. The van der Waals surface area contributed by atoms with E-state index >= 15 is 0 Å². The lowest BCUT2D eigenvalue weighted by Gasteiger charge is -2.25. The number of nitrogens with one attached hydrogen (secondary N) is 3. The first-order valence-corrected chi connectivity index (χ1v) is 20.2. The van der Waals surface area contributed by atoms with E-state index in [0.29, 0.717) is 5.55 Å². The summed E-state index contributed by atoms with van der Waals surface area (Å²) in [5.74, 6) is -1.71. The molecule has 0 spiro atoms. The zero-order chi connectivity index (χ0) is 39.1. The van der Waals surface area contributed by atoms with Crippen LogP contribution >= 0.6 is 11.6 Å². The van der Waals surface area contributed by atoms with Crippen LogP contribution in [0.2, 0.25) is 5.28 Å². The number of halogens is 1. The van der Waals surface area contributed by atoms with Gasteiger partial charge in [-0.25, -0.2) is 13.4 Å². The number of rotatable bonds is 8. The van der Waals surface area contributed by atoms with Crippen LogP contribution in [0, 0.1) is 20.8 Å². The summed E-state index contributed by atoms with van der Waals surface area (Å²) >= 11 is 6.19. The maximum absolute atomic E-state index is 14.0. The average Bonchev–Trinajstić information content (AvgIpc) is 3.39. The number of benzene rings is 4. The topological polar surface area (TPSA) is 264 Å². The second-order valence-corrected chi connectivity index (χ2v) is 16.9. The summed E-state index contributed by atoms with van der Waals surface area (Å²) in [7, 11) is -13.7. The molecule has 17 nitrogen and oxygen atoms in total. The number of sulfone groups is 1. The van der Waals surface area contributed by atoms with E-state index in [-0.39, 0.29) is 89.5 Å². The van der Waals surface area contributed by atoms with E-state index in [1.54, 1.807) is 19.1 Å². The van der Waals surface area contributed by atoms with Gasteiger partial charge >= 0.3 is 0 Å². The molecule has 5 aromatic rings. The lowest BCUT2D eigenvalue weighted by molar-refractivity contribution is 0.0980. The Hall–Kier alpha value is -5.64. The van der Waals surface area contributed by atoms with Gasteiger partial charge in [0, 0.05) is 22.5 Å². The van der Waals surface area contributed by atoms with Gasteiger partial charge in [-0.1, -0.05) is 30.3 Å². The fraction of sp³-hybridized carbons (Fsp3) is 0.0909. The van der Waals surface area contributed by atoms with E-state index in [9.17, 15) is 43.9 Å². The first kappa shape index (κ1) is 36.7. The minimum absolute atomic E-state index is 0.00270. The van der Waals surface area contributed by atoms with Crippen molar-refractivity contribution in [3.8, 4) is 0 Å². The molecule has 1 aliphatic carbocycles. The van der Waals surface area contributed by atoms with Crippen LogP contribution in [0.15, 0.2) is 74.3 Å². The molecule has 0 radical (unpaired) electrons. The lowest BCUT2D eigenvalue weighted by atomic mass is 9.82. The van der Waals surface area contributed by atoms with Crippen LogP contribution in [-0.2, 0) is 30.1 Å². The Morgan fingerprint density at radius 2 is 1.30 bits per heavy atom. The second-order valence-electron chi connectivity index (χ2n) is 12.1. The molecule has 2 aliphatic rings. The summed E-state index contributed by atoms with van der Waals surface area (Å²) in [5.41, 5.74) is 0.343. The molecule has 1 aliphatic heterocycles. The number of fused-ring (bicyclic) bond motifs is 4. The average molecular weight is 810 g/mol. The largest absolute Gasteiger partial charge is 0.354 e. The van der Waals surface area contributed by atoms with Crippen molar-refractivity contribution >= 4 is 99.1 Å². The van der Waals surface area contributed by atoms with E-state index in [1.807, 2.05) is 0 Å². The molecule has 0 unspecified atom stereocenters. The van der Waals surface area contributed by atoms with Gasteiger partial charge in [0.15, 0.2) is 11.6 Å². The molecule has 7 rings (SSSR count). The van der Waals surface area contributed by atoms with Crippen LogP contribution in [0.25, 0.3) is 0 Å². The molecule has 1 aromatic heterocycles. The molecule has 0 atom stereocenters. The van der Waals surface area contributed by atoms with Crippen LogP contribution in [0.5, 0.6) is 0 Å². The number of aliphatic imine (C=N–C) groups is 1. The first-order valence-electron chi connectivity index (χ1n) is 15.4. The van der Waals surface area contributed by atoms with Crippen LogP contribution in [0.3, 0.4) is 0 Å². The van der Waals surface area contributed by atoms with E-state index in [0.717, 1.165) is 18.2 Å². The number of nitrogens with zero attached hydrogens (tertiary/aromatic N) is 4. The molecule has 0 amide bonds. The standard InChI is InChI=1S/C33H24ClN7O10S3/c1-14-25(37-21-12-22-27(35-13-52(22,44)45)24-23(21)28(42)19-9-4-5-10-20(19)29(24)43)15(2)30(54(49,50)51)16(3)26(14)38-33-40-31(34)39-32(41-33)36-17-7-6-8-18(11-17)53(46,47)48/h4-13,37H,1-3H3,(H,46,47,48)(H,49,50,51)(H2,36,38,39,40,41). The van der Waals surface area contributed by atoms with Gasteiger partial charge in [-0.3, -0.25) is 18.7 Å². The highest BCUT2D eigenvalue weighted by Crippen LogP contribution is 2.46. The molecule has 0 saturated carbocycles. The SMILES string of the molecule is Cc1c(Nc2nc(Cl)nc(Nc3cccc(S(=O)(=O)O)c3)n2)c(C)c(S(=O)(=O)O)c(C)c1Nc1cc2c(c3c1C(=O)c1ccccc1C3=O)N=CS2(=O)=O. The van der Waals surface area contributed by atoms with Crippen molar-refractivity contribution in [1.82, 2.24) is 15.0 Å². The molecule has 0 bridgehead atoms. The van der Waals surface area contributed by atoms with Gasteiger partial charge in [0.05, 0.1) is 33.1 Å². The number of hydrogen-bond acceptors (Lipinski definition) is 15. The molecular weight excluding hydrogens is 786 g/mol. The highest BCUT2D eigenvalue weighted by Gasteiger charge is 2.39. The zero-order valence-electron chi connectivity index (χ0n) is 27.8. The van der Waals surface area contributed by atoms with E-state index in [2.05, 4.69) is 35.9 Å². The summed E-state index contributed by atoms with van der Waals surface area (Å²) in [6.07, 6.45) is 0. The van der Waals surface area contributed by atoms with Crippen molar-refractivity contribution in [1.29, 1.82) is 0 Å². The van der Waals surface area contributed by atoms with Crippen molar-refractivity contribution in [2.24, 2.45) is 4.99 Å². The number of ketones is 2. The molecule has 5 N–H and O–H groups in total. The number of carbonyl (C=O) groups is 2. The Bertz CT molecular complexity index is 2920. The molecule has 0 saturated heterocycles. The predicted octanol–water partition coefficient (Wildman–Crippen LogP) is 5.40. The van der Waals surface area contributed by atoms with Crippen molar-refractivity contribution in [2.75, 3.05) is 16.0 Å².